The van der Waals surface area contributed by atoms with Crippen molar-refractivity contribution in [2.24, 2.45) is 11.7 Å². The lowest BCUT2D eigenvalue weighted by atomic mass is 9.96. The zero-order valence-corrected chi connectivity index (χ0v) is 14.2. The SMILES string of the molecule is CC(=O)Nc1cc(C(=O)N2CCCC(C(=O)NCCN)C2)ccc1F. The Balaban J connectivity index is 2.09. The quantitative estimate of drug-likeness (QED) is 0.727. The first-order chi connectivity index (χ1) is 11.9. The van der Waals surface area contributed by atoms with Crippen LogP contribution in [0.4, 0.5) is 10.1 Å². The molecule has 1 unspecified atom stereocenters. The third-order valence-electron chi connectivity index (χ3n) is 4.05. The molecule has 0 aliphatic carbocycles. The molecule has 7 nitrogen and oxygen atoms in total. The number of nitrogens with zero attached hydrogens (tertiary/aromatic N) is 1. The van der Waals surface area contributed by atoms with E-state index in [2.05, 4.69) is 10.6 Å². The first-order valence-corrected chi connectivity index (χ1v) is 8.26. The van der Waals surface area contributed by atoms with E-state index in [1.807, 2.05) is 0 Å². The number of carbonyl (C=O) groups is 3. The molecule has 1 aromatic carbocycles. The molecule has 4 N–H and O–H groups in total. The van der Waals surface area contributed by atoms with Crippen molar-refractivity contribution in [3.05, 3.63) is 29.6 Å². The van der Waals surface area contributed by atoms with Gasteiger partial charge in [-0.05, 0) is 31.0 Å². The van der Waals surface area contributed by atoms with E-state index in [1.54, 1.807) is 4.90 Å². The van der Waals surface area contributed by atoms with Crippen molar-refractivity contribution in [1.82, 2.24) is 10.2 Å². The summed E-state index contributed by atoms with van der Waals surface area (Å²) < 4.78 is 13.7. The van der Waals surface area contributed by atoms with E-state index in [1.165, 1.54) is 19.1 Å². The van der Waals surface area contributed by atoms with Crippen LogP contribution < -0.4 is 16.4 Å². The van der Waals surface area contributed by atoms with Crippen molar-refractivity contribution in [3.8, 4) is 0 Å². The zero-order chi connectivity index (χ0) is 18.4. The Morgan fingerprint density at radius 3 is 2.80 bits per heavy atom. The van der Waals surface area contributed by atoms with Crippen LogP contribution in [0.5, 0.6) is 0 Å². The third-order valence-corrected chi connectivity index (χ3v) is 4.05. The molecule has 1 aliphatic rings. The number of hydrogen-bond donors (Lipinski definition) is 3. The molecule has 1 atom stereocenters. The van der Waals surface area contributed by atoms with Gasteiger partial charge in [0.1, 0.15) is 5.82 Å². The van der Waals surface area contributed by atoms with Gasteiger partial charge in [-0.2, -0.15) is 0 Å². The van der Waals surface area contributed by atoms with Gasteiger partial charge in [0.05, 0.1) is 11.6 Å². The molecule has 1 fully saturated rings. The van der Waals surface area contributed by atoms with Crippen LogP contribution in [0.15, 0.2) is 18.2 Å². The van der Waals surface area contributed by atoms with Gasteiger partial charge in [-0.1, -0.05) is 0 Å². The lowest BCUT2D eigenvalue weighted by molar-refractivity contribution is -0.126. The number of likely N-dealkylation sites (tertiary alicyclic amines) is 1. The minimum absolute atomic E-state index is 0.0346. The normalized spacial score (nSPS) is 17.1. The fourth-order valence-corrected chi connectivity index (χ4v) is 2.84. The van der Waals surface area contributed by atoms with Gasteiger partial charge < -0.3 is 21.3 Å². The van der Waals surface area contributed by atoms with Crippen molar-refractivity contribution in [1.29, 1.82) is 0 Å². The highest BCUT2D eigenvalue weighted by Gasteiger charge is 2.29. The molecule has 1 aromatic rings. The molecule has 0 bridgehead atoms. The van der Waals surface area contributed by atoms with Crippen LogP contribution in [0.1, 0.15) is 30.1 Å². The Labute approximate surface area is 145 Å². The van der Waals surface area contributed by atoms with E-state index in [-0.39, 0.29) is 29.0 Å². The minimum Gasteiger partial charge on any atom is -0.355 e. The zero-order valence-electron chi connectivity index (χ0n) is 14.2. The van der Waals surface area contributed by atoms with Crippen LogP contribution in [0.25, 0.3) is 0 Å². The van der Waals surface area contributed by atoms with Gasteiger partial charge in [0.25, 0.3) is 5.91 Å². The van der Waals surface area contributed by atoms with Crippen LogP contribution in [-0.2, 0) is 9.59 Å². The third kappa shape index (κ3) is 4.99. The van der Waals surface area contributed by atoms with E-state index in [0.29, 0.717) is 39.0 Å². The molecular formula is C17H23FN4O3. The van der Waals surface area contributed by atoms with Gasteiger partial charge in [0.2, 0.25) is 11.8 Å². The summed E-state index contributed by atoms with van der Waals surface area (Å²) in [7, 11) is 0. The summed E-state index contributed by atoms with van der Waals surface area (Å²) in [6, 6.07) is 3.84. The Morgan fingerprint density at radius 2 is 2.12 bits per heavy atom. The Bertz CT molecular complexity index is 665. The highest BCUT2D eigenvalue weighted by Crippen LogP contribution is 2.21. The fourth-order valence-electron chi connectivity index (χ4n) is 2.84. The van der Waals surface area contributed by atoms with Gasteiger partial charge in [0.15, 0.2) is 0 Å². The van der Waals surface area contributed by atoms with Crippen LogP contribution in [0, 0.1) is 11.7 Å². The average Bonchev–Trinajstić information content (AvgIpc) is 2.60. The summed E-state index contributed by atoms with van der Waals surface area (Å²) in [4.78, 5) is 37.5. The minimum atomic E-state index is -0.607. The summed E-state index contributed by atoms with van der Waals surface area (Å²) in [5.74, 6) is -1.70. The second-order valence-corrected chi connectivity index (χ2v) is 6.05. The molecule has 2 rings (SSSR count). The molecule has 1 saturated heterocycles. The van der Waals surface area contributed by atoms with Crippen molar-refractivity contribution in [3.63, 3.8) is 0 Å². The van der Waals surface area contributed by atoms with Crippen molar-refractivity contribution in [2.75, 3.05) is 31.5 Å². The van der Waals surface area contributed by atoms with E-state index < -0.39 is 11.7 Å². The Hall–Kier alpha value is -2.48. The summed E-state index contributed by atoms with van der Waals surface area (Å²) in [5, 5.41) is 5.10. The highest BCUT2D eigenvalue weighted by molar-refractivity contribution is 5.97. The molecule has 1 heterocycles. The lowest BCUT2D eigenvalue weighted by Crippen LogP contribution is -2.46. The van der Waals surface area contributed by atoms with Gasteiger partial charge in [-0.15, -0.1) is 0 Å². The van der Waals surface area contributed by atoms with E-state index >= 15 is 0 Å². The number of nitrogens with two attached hydrogens (primary N) is 1. The second kappa shape index (κ2) is 8.57. The fraction of sp³-hybridized carbons (Fsp3) is 0.471. The average molecular weight is 350 g/mol. The predicted octanol–water partition coefficient (Wildman–Crippen LogP) is 0.711. The number of piperidine rings is 1. The number of carbonyl (C=O) groups excluding carboxylic acids is 3. The van der Waals surface area contributed by atoms with Crippen LogP contribution in [0.3, 0.4) is 0 Å². The smallest absolute Gasteiger partial charge is 0.253 e. The van der Waals surface area contributed by atoms with E-state index in [9.17, 15) is 18.8 Å². The maximum atomic E-state index is 13.7. The predicted molar refractivity (Wildman–Crippen MR) is 91.4 cm³/mol. The number of anilines is 1. The maximum Gasteiger partial charge on any atom is 0.253 e. The van der Waals surface area contributed by atoms with Gasteiger partial charge in [0, 0.05) is 38.7 Å². The number of benzene rings is 1. The number of amides is 3. The highest BCUT2D eigenvalue weighted by atomic mass is 19.1. The first kappa shape index (κ1) is 18.9. The van der Waals surface area contributed by atoms with Crippen molar-refractivity contribution >= 4 is 23.4 Å². The summed E-state index contributed by atoms with van der Waals surface area (Å²) in [5.41, 5.74) is 5.62. The first-order valence-electron chi connectivity index (χ1n) is 8.26. The molecule has 0 saturated carbocycles. The van der Waals surface area contributed by atoms with Crippen LogP contribution in [-0.4, -0.2) is 48.8 Å². The summed E-state index contributed by atoms with van der Waals surface area (Å²) in [6.45, 7) is 2.88. The van der Waals surface area contributed by atoms with Crippen molar-refractivity contribution < 1.29 is 18.8 Å². The second-order valence-electron chi connectivity index (χ2n) is 6.05. The molecular weight excluding hydrogens is 327 g/mol. The van der Waals surface area contributed by atoms with Gasteiger partial charge in [-0.3, -0.25) is 14.4 Å². The number of rotatable bonds is 5. The molecule has 0 spiro atoms. The molecule has 136 valence electrons. The van der Waals surface area contributed by atoms with E-state index in [4.69, 9.17) is 5.73 Å². The van der Waals surface area contributed by atoms with Gasteiger partial charge in [-0.25, -0.2) is 4.39 Å². The maximum absolute atomic E-state index is 13.7. The summed E-state index contributed by atoms with van der Waals surface area (Å²) >= 11 is 0. The Morgan fingerprint density at radius 1 is 1.36 bits per heavy atom. The number of halogens is 1. The molecule has 0 aromatic heterocycles. The Kier molecular flexibility index (Phi) is 6.46. The molecule has 1 aliphatic heterocycles. The number of hydrogen-bond acceptors (Lipinski definition) is 4. The monoisotopic (exact) mass is 350 g/mol. The van der Waals surface area contributed by atoms with Crippen molar-refractivity contribution in [2.45, 2.75) is 19.8 Å². The van der Waals surface area contributed by atoms with Gasteiger partial charge >= 0.3 is 0 Å². The van der Waals surface area contributed by atoms with E-state index in [0.717, 1.165) is 6.07 Å². The topological polar surface area (TPSA) is 105 Å². The molecule has 8 heteroatoms. The largest absolute Gasteiger partial charge is 0.355 e. The lowest BCUT2D eigenvalue weighted by Gasteiger charge is -2.32. The van der Waals surface area contributed by atoms with Crippen LogP contribution in [0.2, 0.25) is 0 Å². The molecule has 25 heavy (non-hydrogen) atoms. The van der Waals surface area contributed by atoms with Crippen LogP contribution >= 0.6 is 0 Å². The summed E-state index contributed by atoms with van der Waals surface area (Å²) in [6.07, 6.45) is 1.42. The molecule has 0 radical (unpaired) electrons. The number of nitrogens with one attached hydrogen (secondary N) is 2. The standard InChI is InChI=1S/C17H23FN4O3/c1-11(23)21-15-9-12(4-5-14(15)18)17(25)22-8-2-3-13(10-22)16(24)20-7-6-19/h4-5,9,13H,2-3,6-8,10,19H2,1H3,(H,20,24)(H,21,23). The molecule has 3 amide bonds.